The number of carbonyl (C=O) groups excluding carboxylic acids is 1. The maximum absolute atomic E-state index is 12.7. The molecule has 0 fully saturated rings. The van der Waals surface area contributed by atoms with Crippen molar-refractivity contribution in [2.75, 3.05) is 5.32 Å². The molecule has 1 atom stereocenters. The van der Waals surface area contributed by atoms with Crippen LogP contribution in [0.4, 0.5) is 5.69 Å². The van der Waals surface area contributed by atoms with Crippen molar-refractivity contribution >= 4 is 35.0 Å². The summed E-state index contributed by atoms with van der Waals surface area (Å²) in [6, 6.07) is 11.6. The summed E-state index contributed by atoms with van der Waals surface area (Å²) in [5, 5.41) is 12.1. The van der Waals surface area contributed by atoms with E-state index in [0.717, 1.165) is 22.5 Å². The number of amides is 1. The molecule has 5 nitrogen and oxygen atoms in total. The summed E-state index contributed by atoms with van der Waals surface area (Å²) in [4.78, 5) is 12.7. The highest BCUT2D eigenvalue weighted by Crippen LogP contribution is 2.27. The molecule has 0 saturated carbocycles. The van der Waals surface area contributed by atoms with Crippen molar-refractivity contribution in [3.05, 3.63) is 64.4 Å². The SMILES string of the molecule is Cc1cc(C)c(NC(=O)C(C)Sc2nncn2-c2cccc(Cl)c2)c(C)c1. The number of carbonyl (C=O) groups is 1. The number of hydrogen-bond donors (Lipinski definition) is 1. The van der Waals surface area contributed by atoms with Crippen molar-refractivity contribution in [1.82, 2.24) is 14.8 Å². The van der Waals surface area contributed by atoms with Crippen molar-refractivity contribution < 1.29 is 4.79 Å². The maximum atomic E-state index is 12.7. The van der Waals surface area contributed by atoms with Crippen molar-refractivity contribution in [2.45, 2.75) is 38.1 Å². The number of rotatable bonds is 5. The van der Waals surface area contributed by atoms with Gasteiger partial charge in [-0.3, -0.25) is 9.36 Å². The Kier molecular flexibility index (Phi) is 5.87. The smallest absolute Gasteiger partial charge is 0.237 e. The van der Waals surface area contributed by atoms with Gasteiger partial charge >= 0.3 is 0 Å². The lowest BCUT2D eigenvalue weighted by atomic mass is 10.1. The van der Waals surface area contributed by atoms with Gasteiger partial charge in [0.1, 0.15) is 6.33 Å². The van der Waals surface area contributed by atoms with Crippen LogP contribution in [0.5, 0.6) is 0 Å². The highest BCUT2D eigenvalue weighted by molar-refractivity contribution is 8.00. The molecule has 3 rings (SSSR count). The van der Waals surface area contributed by atoms with E-state index in [-0.39, 0.29) is 11.2 Å². The number of aryl methyl sites for hydroxylation is 3. The van der Waals surface area contributed by atoms with Crippen molar-refractivity contribution in [1.29, 1.82) is 0 Å². The van der Waals surface area contributed by atoms with Gasteiger partial charge < -0.3 is 5.32 Å². The molecule has 0 saturated heterocycles. The number of aromatic nitrogens is 3. The van der Waals surface area contributed by atoms with Gasteiger partial charge in [-0.15, -0.1) is 10.2 Å². The lowest BCUT2D eigenvalue weighted by Gasteiger charge is -2.16. The molecule has 0 aliphatic heterocycles. The van der Waals surface area contributed by atoms with E-state index in [1.807, 2.05) is 56.5 Å². The number of nitrogens with zero attached hydrogens (tertiary/aromatic N) is 3. The van der Waals surface area contributed by atoms with E-state index in [1.54, 1.807) is 6.33 Å². The average molecular weight is 401 g/mol. The summed E-state index contributed by atoms with van der Waals surface area (Å²) in [5.41, 5.74) is 5.02. The highest BCUT2D eigenvalue weighted by Gasteiger charge is 2.20. The molecule has 1 aromatic heterocycles. The fourth-order valence-electron chi connectivity index (χ4n) is 2.92. The van der Waals surface area contributed by atoms with Crippen molar-refractivity contribution in [3.63, 3.8) is 0 Å². The third-order valence-corrected chi connectivity index (χ3v) is 5.47. The lowest BCUT2D eigenvalue weighted by Crippen LogP contribution is -2.23. The number of thioether (sulfide) groups is 1. The van der Waals surface area contributed by atoms with Crippen LogP contribution < -0.4 is 5.32 Å². The van der Waals surface area contributed by atoms with Crippen LogP contribution in [0, 0.1) is 20.8 Å². The minimum Gasteiger partial charge on any atom is -0.325 e. The van der Waals surface area contributed by atoms with Gasteiger partial charge in [0.25, 0.3) is 0 Å². The molecule has 0 aliphatic carbocycles. The van der Waals surface area contributed by atoms with E-state index < -0.39 is 0 Å². The number of benzene rings is 2. The van der Waals surface area contributed by atoms with E-state index in [1.165, 1.54) is 17.3 Å². The second-order valence-electron chi connectivity index (χ2n) is 6.49. The number of nitrogens with one attached hydrogen (secondary N) is 1. The zero-order chi connectivity index (χ0) is 19.6. The molecular formula is C20H21ClN4OS. The van der Waals surface area contributed by atoms with E-state index >= 15 is 0 Å². The van der Waals surface area contributed by atoms with Crippen LogP contribution in [0.15, 0.2) is 47.9 Å². The summed E-state index contributed by atoms with van der Waals surface area (Å²) < 4.78 is 1.82. The van der Waals surface area contributed by atoms with Gasteiger partial charge in [0.05, 0.1) is 10.9 Å². The first-order valence-corrected chi connectivity index (χ1v) is 9.82. The summed E-state index contributed by atoms with van der Waals surface area (Å²) in [6.45, 7) is 7.91. The Morgan fingerprint density at radius 3 is 2.56 bits per heavy atom. The molecule has 140 valence electrons. The Labute approximate surface area is 168 Å². The molecule has 1 amide bonds. The molecule has 1 unspecified atom stereocenters. The number of anilines is 1. The predicted molar refractivity (Wildman–Crippen MR) is 111 cm³/mol. The normalized spacial score (nSPS) is 12.0. The van der Waals surface area contributed by atoms with E-state index in [9.17, 15) is 4.79 Å². The van der Waals surface area contributed by atoms with Crippen LogP contribution >= 0.6 is 23.4 Å². The molecule has 3 aromatic rings. The van der Waals surface area contributed by atoms with Crippen molar-refractivity contribution in [2.24, 2.45) is 0 Å². The Hall–Kier alpha value is -2.31. The zero-order valence-corrected chi connectivity index (χ0v) is 17.2. The fourth-order valence-corrected chi connectivity index (χ4v) is 3.95. The lowest BCUT2D eigenvalue weighted by molar-refractivity contribution is -0.115. The Bertz CT molecular complexity index is 963. The van der Waals surface area contributed by atoms with Crippen LogP contribution in [0.25, 0.3) is 5.69 Å². The molecule has 2 aromatic carbocycles. The third kappa shape index (κ3) is 4.51. The topological polar surface area (TPSA) is 59.8 Å². The standard InChI is InChI=1S/C20H21ClN4OS/c1-12-8-13(2)18(14(3)9-12)23-19(26)15(4)27-20-24-22-11-25(20)17-7-5-6-16(21)10-17/h5-11,15H,1-4H3,(H,23,26). The molecule has 7 heteroatoms. The summed E-state index contributed by atoms with van der Waals surface area (Å²) in [5.74, 6) is -0.0734. The summed E-state index contributed by atoms with van der Waals surface area (Å²) in [7, 11) is 0. The third-order valence-electron chi connectivity index (χ3n) is 4.18. The first-order valence-electron chi connectivity index (χ1n) is 8.56. The summed E-state index contributed by atoms with van der Waals surface area (Å²) in [6.07, 6.45) is 1.62. The average Bonchev–Trinajstić information content (AvgIpc) is 3.06. The molecule has 0 aliphatic rings. The van der Waals surface area contributed by atoms with E-state index in [0.29, 0.717) is 10.2 Å². The van der Waals surface area contributed by atoms with Gasteiger partial charge in [-0.25, -0.2) is 0 Å². The zero-order valence-electron chi connectivity index (χ0n) is 15.7. The van der Waals surface area contributed by atoms with E-state index in [2.05, 4.69) is 27.6 Å². The van der Waals surface area contributed by atoms with E-state index in [4.69, 9.17) is 11.6 Å². The summed E-state index contributed by atoms with van der Waals surface area (Å²) >= 11 is 7.43. The van der Waals surface area contributed by atoms with Crippen LogP contribution in [0.1, 0.15) is 23.6 Å². The Balaban J connectivity index is 1.76. The predicted octanol–water partition coefficient (Wildman–Crippen LogP) is 4.97. The second kappa shape index (κ2) is 8.15. The molecule has 0 radical (unpaired) electrons. The number of halogens is 1. The Morgan fingerprint density at radius 2 is 1.89 bits per heavy atom. The van der Waals surface area contributed by atoms with Gasteiger partial charge in [0.15, 0.2) is 5.16 Å². The van der Waals surface area contributed by atoms with Gasteiger partial charge in [-0.1, -0.05) is 47.1 Å². The van der Waals surface area contributed by atoms with Crippen LogP contribution in [0.2, 0.25) is 5.02 Å². The van der Waals surface area contributed by atoms with Gasteiger partial charge in [0.2, 0.25) is 5.91 Å². The molecule has 1 heterocycles. The fraction of sp³-hybridized carbons (Fsp3) is 0.250. The number of hydrogen-bond acceptors (Lipinski definition) is 4. The quantitative estimate of drug-likeness (QED) is 0.614. The molecule has 1 N–H and O–H groups in total. The van der Waals surface area contributed by atoms with Gasteiger partial charge in [-0.2, -0.15) is 0 Å². The largest absolute Gasteiger partial charge is 0.325 e. The van der Waals surface area contributed by atoms with Crippen molar-refractivity contribution in [3.8, 4) is 5.69 Å². The van der Waals surface area contributed by atoms with Crippen LogP contribution in [-0.4, -0.2) is 25.9 Å². The van der Waals surface area contributed by atoms with Gasteiger partial charge in [-0.05, 0) is 57.0 Å². The minimum atomic E-state index is -0.341. The Morgan fingerprint density at radius 1 is 1.19 bits per heavy atom. The molecule has 0 bridgehead atoms. The van der Waals surface area contributed by atoms with Gasteiger partial charge in [0, 0.05) is 10.7 Å². The second-order valence-corrected chi connectivity index (χ2v) is 8.23. The molecular weight excluding hydrogens is 380 g/mol. The monoisotopic (exact) mass is 400 g/mol. The maximum Gasteiger partial charge on any atom is 0.237 e. The molecule has 0 spiro atoms. The minimum absolute atomic E-state index is 0.0734. The molecule has 27 heavy (non-hydrogen) atoms. The van der Waals surface area contributed by atoms with Crippen LogP contribution in [0.3, 0.4) is 0 Å². The van der Waals surface area contributed by atoms with Crippen LogP contribution in [-0.2, 0) is 4.79 Å². The first kappa shape index (κ1) is 19.5. The first-order chi connectivity index (χ1) is 12.8. The highest BCUT2D eigenvalue weighted by atomic mass is 35.5.